The second kappa shape index (κ2) is 9.10. The van der Waals surface area contributed by atoms with E-state index in [-0.39, 0.29) is 5.56 Å². The summed E-state index contributed by atoms with van der Waals surface area (Å²) in [5.41, 5.74) is 0.916. The maximum Gasteiger partial charge on any atom is 0.339 e. The Hall–Kier alpha value is -3.54. The number of benzene rings is 3. The maximum atomic E-state index is 12.5. The van der Waals surface area contributed by atoms with Gasteiger partial charge in [-0.1, -0.05) is 30.3 Å². The fourth-order valence-corrected chi connectivity index (χ4v) is 2.87. The number of fused-ring (bicyclic) bond motifs is 1. The van der Waals surface area contributed by atoms with Gasteiger partial charge in [-0.2, -0.15) is 0 Å². The Morgan fingerprint density at radius 1 is 0.966 bits per heavy atom. The van der Waals surface area contributed by atoms with E-state index in [0.29, 0.717) is 23.8 Å². The number of carbonyl (C=O) groups excluding carboxylic acids is 2. The molecule has 0 radical (unpaired) electrons. The number of anilines is 1. The Balaban J connectivity index is 1.66. The van der Waals surface area contributed by atoms with E-state index >= 15 is 0 Å². The summed E-state index contributed by atoms with van der Waals surface area (Å²) in [6.45, 7) is 3.80. The molecular weight excluding hydrogens is 370 g/mol. The van der Waals surface area contributed by atoms with Crippen LogP contribution >= 0.6 is 0 Å². The molecule has 0 aromatic heterocycles. The van der Waals surface area contributed by atoms with Crippen molar-refractivity contribution in [1.82, 2.24) is 0 Å². The fourth-order valence-electron chi connectivity index (χ4n) is 2.87. The molecule has 0 saturated carbocycles. The lowest BCUT2D eigenvalue weighted by atomic mass is 10.1. The monoisotopic (exact) mass is 393 g/mol. The molecule has 1 amide bonds. The predicted octanol–water partition coefficient (Wildman–Crippen LogP) is 4.43. The normalized spacial score (nSPS) is 11.6. The van der Waals surface area contributed by atoms with E-state index in [1.165, 1.54) is 14.0 Å². The first-order valence-corrected chi connectivity index (χ1v) is 9.33. The van der Waals surface area contributed by atoms with Gasteiger partial charge in [0.05, 0.1) is 19.3 Å². The van der Waals surface area contributed by atoms with E-state index in [1.54, 1.807) is 18.2 Å². The van der Waals surface area contributed by atoms with E-state index in [1.807, 2.05) is 49.4 Å². The van der Waals surface area contributed by atoms with Crippen molar-refractivity contribution in [2.75, 3.05) is 19.0 Å². The fraction of sp³-hybridized carbons (Fsp3) is 0.217. The van der Waals surface area contributed by atoms with E-state index in [9.17, 15) is 9.59 Å². The van der Waals surface area contributed by atoms with Crippen LogP contribution in [-0.4, -0.2) is 31.7 Å². The van der Waals surface area contributed by atoms with Gasteiger partial charge in [-0.05, 0) is 55.0 Å². The second-order valence-corrected chi connectivity index (χ2v) is 6.40. The largest absolute Gasteiger partial charge is 0.493 e. The lowest BCUT2D eigenvalue weighted by Crippen LogP contribution is -2.30. The summed E-state index contributed by atoms with van der Waals surface area (Å²) in [4.78, 5) is 24.9. The Labute approximate surface area is 169 Å². The van der Waals surface area contributed by atoms with E-state index in [4.69, 9.17) is 14.2 Å². The van der Waals surface area contributed by atoms with Crippen LogP contribution in [0.4, 0.5) is 5.69 Å². The third-order valence-electron chi connectivity index (χ3n) is 4.37. The second-order valence-electron chi connectivity index (χ2n) is 6.40. The molecule has 3 aromatic rings. The zero-order valence-electron chi connectivity index (χ0n) is 16.6. The number of rotatable bonds is 7. The minimum absolute atomic E-state index is 0.277. The average Bonchev–Trinajstić information content (AvgIpc) is 2.73. The Morgan fingerprint density at radius 3 is 2.45 bits per heavy atom. The van der Waals surface area contributed by atoms with Crippen LogP contribution in [-0.2, 0) is 9.53 Å². The molecule has 6 heteroatoms. The number of hydrogen-bond donors (Lipinski definition) is 1. The third kappa shape index (κ3) is 4.85. The van der Waals surface area contributed by atoms with E-state index in [2.05, 4.69) is 5.32 Å². The molecule has 0 fully saturated rings. The molecule has 1 unspecified atom stereocenters. The van der Waals surface area contributed by atoms with Gasteiger partial charge in [0.1, 0.15) is 0 Å². The molecule has 150 valence electrons. The summed E-state index contributed by atoms with van der Waals surface area (Å²) in [7, 11) is 1.52. The van der Waals surface area contributed by atoms with Gasteiger partial charge in [0.15, 0.2) is 17.6 Å². The molecule has 29 heavy (non-hydrogen) atoms. The third-order valence-corrected chi connectivity index (χ3v) is 4.37. The summed E-state index contributed by atoms with van der Waals surface area (Å²) in [5, 5.41) is 4.87. The van der Waals surface area contributed by atoms with Crippen LogP contribution in [0, 0.1) is 0 Å². The molecule has 0 spiro atoms. The summed E-state index contributed by atoms with van der Waals surface area (Å²) in [6.07, 6.45) is -0.966. The maximum absolute atomic E-state index is 12.5. The molecule has 6 nitrogen and oxygen atoms in total. The van der Waals surface area contributed by atoms with Crippen molar-refractivity contribution in [2.45, 2.75) is 20.0 Å². The smallest absolute Gasteiger partial charge is 0.339 e. The first-order chi connectivity index (χ1) is 14.0. The molecule has 0 aliphatic carbocycles. The van der Waals surface area contributed by atoms with Crippen molar-refractivity contribution in [2.24, 2.45) is 0 Å². The van der Waals surface area contributed by atoms with Gasteiger partial charge in [-0.3, -0.25) is 4.79 Å². The van der Waals surface area contributed by atoms with Crippen molar-refractivity contribution >= 4 is 28.3 Å². The van der Waals surface area contributed by atoms with Crippen molar-refractivity contribution in [3.8, 4) is 11.5 Å². The van der Waals surface area contributed by atoms with Crippen molar-refractivity contribution < 1.29 is 23.8 Å². The number of carbonyl (C=O) groups is 2. The highest BCUT2D eigenvalue weighted by atomic mass is 16.5. The molecule has 0 heterocycles. The Bertz CT molecular complexity index is 1030. The standard InChI is InChI=1S/C23H23NO5/c1-4-28-21-14-18(10-12-20(21)27-3)23(26)29-15(2)22(25)24-19-11-9-16-7-5-6-8-17(16)13-19/h5-15H,4H2,1-3H3,(H,24,25). The highest BCUT2D eigenvalue weighted by Crippen LogP contribution is 2.28. The molecule has 0 aliphatic heterocycles. The van der Waals surface area contributed by atoms with Gasteiger partial charge in [0.2, 0.25) is 0 Å². The number of esters is 1. The lowest BCUT2D eigenvalue weighted by molar-refractivity contribution is -0.123. The average molecular weight is 393 g/mol. The summed E-state index contributed by atoms with van der Waals surface area (Å²) >= 11 is 0. The number of nitrogens with one attached hydrogen (secondary N) is 1. The van der Waals surface area contributed by atoms with Gasteiger partial charge >= 0.3 is 5.97 Å². The summed E-state index contributed by atoms with van der Waals surface area (Å²) in [5.74, 6) is -0.0647. The molecule has 1 atom stereocenters. The summed E-state index contributed by atoms with van der Waals surface area (Å²) < 4.78 is 16.0. The molecular formula is C23H23NO5. The van der Waals surface area contributed by atoms with E-state index in [0.717, 1.165) is 10.8 Å². The number of hydrogen-bond acceptors (Lipinski definition) is 5. The van der Waals surface area contributed by atoms with Crippen LogP contribution in [0.1, 0.15) is 24.2 Å². The zero-order valence-corrected chi connectivity index (χ0v) is 16.6. The topological polar surface area (TPSA) is 73.9 Å². The SMILES string of the molecule is CCOc1cc(C(=O)OC(C)C(=O)Nc2ccc3ccccc3c2)ccc1OC. The first kappa shape index (κ1) is 20.2. The van der Waals surface area contributed by atoms with Crippen LogP contribution in [0.3, 0.4) is 0 Å². The zero-order chi connectivity index (χ0) is 20.8. The number of amides is 1. The molecule has 3 aromatic carbocycles. The van der Waals surface area contributed by atoms with Gasteiger partial charge in [0.25, 0.3) is 5.91 Å². The highest BCUT2D eigenvalue weighted by Gasteiger charge is 2.20. The number of ether oxygens (including phenoxy) is 3. The van der Waals surface area contributed by atoms with Crippen LogP contribution in [0.2, 0.25) is 0 Å². The molecule has 0 bridgehead atoms. The van der Waals surface area contributed by atoms with Crippen molar-refractivity contribution in [1.29, 1.82) is 0 Å². The van der Waals surface area contributed by atoms with Gasteiger partial charge in [0, 0.05) is 5.69 Å². The predicted molar refractivity (Wildman–Crippen MR) is 112 cm³/mol. The molecule has 3 rings (SSSR count). The van der Waals surface area contributed by atoms with Crippen LogP contribution in [0.25, 0.3) is 10.8 Å². The molecule has 0 aliphatic rings. The van der Waals surface area contributed by atoms with Gasteiger partial charge in [-0.25, -0.2) is 4.79 Å². The van der Waals surface area contributed by atoms with Crippen molar-refractivity contribution in [3.63, 3.8) is 0 Å². The quantitative estimate of drug-likeness (QED) is 0.601. The summed E-state index contributed by atoms with van der Waals surface area (Å²) in [6, 6.07) is 18.2. The first-order valence-electron chi connectivity index (χ1n) is 9.33. The Morgan fingerprint density at radius 2 is 1.72 bits per heavy atom. The lowest BCUT2D eigenvalue weighted by Gasteiger charge is -2.15. The minimum atomic E-state index is -0.966. The van der Waals surface area contributed by atoms with Crippen molar-refractivity contribution in [3.05, 3.63) is 66.2 Å². The number of methoxy groups -OCH3 is 1. The van der Waals surface area contributed by atoms with Gasteiger partial charge < -0.3 is 19.5 Å². The van der Waals surface area contributed by atoms with Crippen LogP contribution < -0.4 is 14.8 Å². The van der Waals surface area contributed by atoms with Crippen LogP contribution in [0.5, 0.6) is 11.5 Å². The van der Waals surface area contributed by atoms with E-state index < -0.39 is 18.0 Å². The Kier molecular flexibility index (Phi) is 6.34. The van der Waals surface area contributed by atoms with Gasteiger partial charge in [-0.15, -0.1) is 0 Å². The minimum Gasteiger partial charge on any atom is -0.493 e. The molecule has 1 N–H and O–H groups in total. The van der Waals surface area contributed by atoms with Crippen LogP contribution in [0.15, 0.2) is 60.7 Å². The molecule has 0 saturated heterocycles. The highest BCUT2D eigenvalue weighted by molar-refractivity contribution is 5.99.